The van der Waals surface area contributed by atoms with Crippen molar-refractivity contribution in [3.05, 3.63) is 24.3 Å². The number of rotatable bonds is 0. The second-order valence-electron chi connectivity index (χ2n) is 1.90. The maximum absolute atomic E-state index is 4.35. The van der Waals surface area contributed by atoms with Gasteiger partial charge in [0.05, 0.1) is 15.6 Å². The first-order chi connectivity index (χ1) is 4.97. The summed E-state index contributed by atoms with van der Waals surface area (Å²) in [4.78, 5) is 4.22. The SMILES string of the molecule is C1=Nc2ccccc2N=I1. The lowest BCUT2D eigenvalue weighted by atomic mass is 10.3. The fourth-order valence-corrected chi connectivity index (χ4v) is 2.05. The summed E-state index contributed by atoms with van der Waals surface area (Å²) in [5, 5.41) is 0. The molecule has 0 radical (unpaired) electrons. The average Bonchev–Trinajstić information content (AvgIpc) is 2.05. The van der Waals surface area contributed by atoms with Gasteiger partial charge in [0, 0.05) is 21.0 Å². The van der Waals surface area contributed by atoms with Gasteiger partial charge in [-0.05, 0) is 12.1 Å². The van der Waals surface area contributed by atoms with Crippen LogP contribution in [0.3, 0.4) is 0 Å². The van der Waals surface area contributed by atoms with Crippen molar-refractivity contribution in [3.8, 4) is 0 Å². The summed E-state index contributed by atoms with van der Waals surface area (Å²) in [5.41, 5.74) is 2.06. The van der Waals surface area contributed by atoms with Crippen LogP contribution in [-0.2, 0) is 0 Å². The third-order valence-electron chi connectivity index (χ3n) is 1.25. The van der Waals surface area contributed by atoms with Crippen molar-refractivity contribution in [2.45, 2.75) is 0 Å². The molecule has 0 spiro atoms. The summed E-state index contributed by atoms with van der Waals surface area (Å²) in [6.07, 6.45) is 0. The van der Waals surface area contributed by atoms with Crippen LogP contribution in [0, 0.1) is 0 Å². The quantitative estimate of drug-likeness (QED) is 0.626. The largest absolute Gasteiger partial charge is 0.247 e. The number of hydrogen-bond donors (Lipinski definition) is 0. The summed E-state index contributed by atoms with van der Waals surface area (Å²) >= 11 is -0.141. The summed E-state index contributed by atoms with van der Waals surface area (Å²) in [5.74, 6) is 0. The molecule has 1 aliphatic rings. The number of hydrogen-bond acceptors (Lipinski definition) is 2. The third-order valence-corrected chi connectivity index (χ3v) is 2.58. The first-order valence-electron chi connectivity index (χ1n) is 2.92. The Morgan fingerprint density at radius 2 is 1.90 bits per heavy atom. The molecule has 2 nitrogen and oxygen atoms in total. The lowest BCUT2D eigenvalue weighted by Gasteiger charge is -1.99. The normalized spacial score (nSPS) is 14.0. The van der Waals surface area contributed by atoms with Crippen molar-refractivity contribution in [1.29, 1.82) is 0 Å². The Labute approximate surface area is 69.1 Å². The highest BCUT2D eigenvalue weighted by molar-refractivity contribution is 14.2. The highest BCUT2D eigenvalue weighted by Crippen LogP contribution is 2.32. The van der Waals surface area contributed by atoms with Crippen LogP contribution in [0.4, 0.5) is 11.4 Å². The van der Waals surface area contributed by atoms with Crippen LogP contribution in [-0.4, -0.2) is 4.22 Å². The van der Waals surface area contributed by atoms with Crippen molar-refractivity contribution in [2.24, 2.45) is 8.14 Å². The summed E-state index contributed by atoms with van der Waals surface area (Å²) in [6.45, 7) is 0. The molecule has 2 rings (SSSR count). The van der Waals surface area contributed by atoms with Crippen molar-refractivity contribution >= 4 is 36.6 Å². The van der Waals surface area contributed by atoms with E-state index in [2.05, 4.69) is 8.14 Å². The molecule has 50 valence electrons. The molecular formula is C7H5IN2. The molecule has 0 fully saturated rings. The van der Waals surface area contributed by atoms with E-state index in [1.807, 2.05) is 28.5 Å². The first kappa shape index (κ1) is 6.15. The van der Waals surface area contributed by atoms with Gasteiger partial charge < -0.3 is 0 Å². The summed E-state index contributed by atoms with van der Waals surface area (Å²) < 4.78 is 6.29. The van der Waals surface area contributed by atoms with Crippen molar-refractivity contribution in [2.75, 3.05) is 0 Å². The highest BCUT2D eigenvalue weighted by Gasteiger charge is 1.98. The van der Waals surface area contributed by atoms with E-state index in [0.29, 0.717) is 0 Å². The molecular weight excluding hydrogens is 239 g/mol. The predicted molar refractivity (Wildman–Crippen MR) is 50.7 cm³/mol. The zero-order valence-electron chi connectivity index (χ0n) is 5.16. The molecule has 0 aromatic heterocycles. The maximum atomic E-state index is 4.35. The summed E-state index contributed by atoms with van der Waals surface area (Å²) in [7, 11) is 0. The molecule has 0 atom stereocenters. The van der Waals surface area contributed by atoms with Gasteiger partial charge in [0.2, 0.25) is 0 Å². The molecule has 1 heterocycles. The second kappa shape index (κ2) is 2.57. The van der Waals surface area contributed by atoms with Gasteiger partial charge >= 0.3 is 0 Å². The van der Waals surface area contributed by atoms with Crippen LogP contribution in [0.1, 0.15) is 0 Å². The van der Waals surface area contributed by atoms with Gasteiger partial charge in [-0.25, -0.2) is 8.14 Å². The molecule has 0 saturated heterocycles. The smallest absolute Gasteiger partial charge is 0.0948 e. The van der Waals surface area contributed by atoms with E-state index in [9.17, 15) is 0 Å². The Hall–Kier alpha value is -0.580. The minimum Gasteiger partial charge on any atom is -0.247 e. The molecule has 1 aromatic carbocycles. The number of nitrogens with zero attached hydrogens (tertiary/aromatic N) is 2. The average molecular weight is 244 g/mol. The molecule has 0 N–H and O–H groups in total. The zero-order chi connectivity index (χ0) is 6.81. The van der Waals surface area contributed by atoms with E-state index in [1.54, 1.807) is 0 Å². The van der Waals surface area contributed by atoms with Crippen LogP contribution in [0.25, 0.3) is 0 Å². The Kier molecular flexibility index (Phi) is 1.58. The van der Waals surface area contributed by atoms with E-state index in [4.69, 9.17) is 0 Å². The third kappa shape index (κ3) is 1.01. The molecule has 0 saturated carbocycles. The van der Waals surface area contributed by atoms with Gasteiger partial charge in [0.25, 0.3) is 0 Å². The maximum Gasteiger partial charge on any atom is 0.0948 e. The number of halogens is 1. The predicted octanol–water partition coefficient (Wildman–Crippen LogP) is 3.15. The molecule has 1 aliphatic heterocycles. The van der Waals surface area contributed by atoms with Crippen LogP contribution in [0.5, 0.6) is 0 Å². The van der Waals surface area contributed by atoms with Gasteiger partial charge in [0.1, 0.15) is 0 Å². The van der Waals surface area contributed by atoms with E-state index in [1.165, 1.54) is 0 Å². The molecule has 1 aromatic rings. The zero-order valence-corrected chi connectivity index (χ0v) is 7.32. The molecule has 0 unspecified atom stereocenters. The van der Waals surface area contributed by atoms with Crippen LogP contribution < -0.4 is 0 Å². The number of fused-ring (bicyclic) bond motifs is 1. The van der Waals surface area contributed by atoms with Gasteiger partial charge in [0.15, 0.2) is 0 Å². The Balaban J connectivity index is 2.65. The van der Waals surface area contributed by atoms with E-state index in [-0.39, 0.29) is 21.0 Å². The van der Waals surface area contributed by atoms with Crippen LogP contribution in [0.15, 0.2) is 32.4 Å². The van der Waals surface area contributed by atoms with Gasteiger partial charge in [-0.1, -0.05) is 12.1 Å². The number of aliphatic imine (C=N–C) groups is 1. The Morgan fingerprint density at radius 1 is 1.10 bits per heavy atom. The topological polar surface area (TPSA) is 24.7 Å². The highest BCUT2D eigenvalue weighted by atomic mass is 127. The molecule has 0 bridgehead atoms. The minimum atomic E-state index is -0.141. The van der Waals surface area contributed by atoms with Crippen molar-refractivity contribution < 1.29 is 0 Å². The van der Waals surface area contributed by atoms with E-state index >= 15 is 0 Å². The van der Waals surface area contributed by atoms with Crippen molar-refractivity contribution in [3.63, 3.8) is 0 Å². The standard InChI is InChI=1S/C7H5IN2/c1-2-4-7-6(3-1)9-5-8-10-7/h1-5H. The van der Waals surface area contributed by atoms with Crippen LogP contribution in [0.2, 0.25) is 0 Å². The number of benzene rings is 1. The van der Waals surface area contributed by atoms with E-state index in [0.717, 1.165) is 11.4 Å². The van der Waals surface area contributed by atoms with Crippen LogP contribution >= 0.6 is 21.0 Å². The number of para-hydroxylation sites is 1. The summed E-state index contributed by atoms with van der Waals surface area (Å²) in [6, 6.07) is 7.96. The molecule has 3 heteroatoms. The van der Waals surface area contributed by atoms with Crippen molar-refractivity contribution in [1.82, 2.24) is 0 Å². The molecule has 0 amide bonds. The van der Waals surface area contributed by atoms with Gasteiger partial charge in [-0.3, -0.25) is 0 Å². The molecule has 10 heavy (non-hydrogen) atoms. The lowest BCUT2D eigenvalue weighted by molar-refractivity contribution is 1.49. The van der Waals surface area contributed by atoms with Gasteiger partial charge in [-0.2, -0.15) is 0 Å². The fourth-order valence-electron chi connectivity index (χ4n) is 0.794. The monoisotopic (exact) mass is 244 g/mol. The van der Waals surface area contributed by atoms with Gasteiger partial charge in [-0.15, -0.1) is 0 Å². The Morgan fingerprint density at radius 3 is 2.70 bits per heavy atom. The lowest BCUT2D eigenvalue weighted by Crippen LogP contribution is -1.69. The fraction of sp³-hybridized carbons (Fsp3) is 0. The van der Waals surface area contributed by atoms with E-state index < -0.39 is 0 Å². The minimum absolute atomic E-state index is 0.141. The first-order valence-corrected chi connectivity index (χ1v) is 5.13. The second-order valence-corrected chi connectivity index (χ2v) is 3.49. The molecule has 0 aliphatic carbocycles. The Bertz CT molecular complexity index is 273.